The zero-order chi connectivity index (χ0) is 18.6. The lowest BCUT2D eigenvalue weighted by Crippen LogP contribution is -2.34. The summed E-state index contributed by atoms with van der Waals surface area (Å²) in [7, 11) is 0. The molecule has 0 unspecified atom stereocenters. The smallest absolute Gasteiger partial charge is 0.315 e. The van der Waals surface area contributed by atoms with Gasteiger partial charge in [-0.2, -0.15) is 0 Å². The number of rotatable bonds is 10. The number of hydrogen-bond donors (Lipinski definition) is 0. The van der Waals surface area contributed by atoms with Crippen LogP contribution in [0.1, 0.15) is 18.1 Å². The van der Waals surface area contributed by atoms with Gasteiger partial charge < -0.3 is 9.64 Å². The van der Waals surface area contributed by atoms with Gasteiger partial charge in [-0.05, 0) is 24.5 Å². The fourth-order valence-corrected chi connectivity index (χ4v) is 3.23. The number of carbonyl (C=O) groups is 2. The van der Waals surface area contributed by atoms with Crippen molar-refractivity contribution in [1.29, 1.82) is 0 Å². The van der Waals surface area contributed by atoms with Crippen LogP contribution in [0.4, 0.5) is 0 Å². The SMILES string of the molecule is CCOC(=O)CSCC(=O)N(CCc1ccccc1)Cc1ccccc1. The van der Waals surface area contributed by atoms with E-state index in [1.807, 2.05) is 53.4 Å². The first-order valence-electron chi connectivity index (χ1n) is 8.78. The lowest BCUT2D eigenvalue weighted by molar-refractivity contribution is -0.139. The topological polar surface area (TPSA) is 46.6 Å². The highest BCUT2D eigenvalue weighted by Gasteiger charge is 2.15. The minimum absolute atomic E-state index is 0.0408. The van der Waals surface area contributed by atoms with Crippen molar-refractivity contribution in [3.05, 3.63) is 71.8 Å². The Hall–Kier alpha value is -2.27. The average Bonchev–Trinajstić information content (AvgIpc) is 2.67. The van der Waals surface area contributed by atoms with Crippen molar-refractivity contribution in [2.45, 2.75) is 19.9 Å². The second-order valence-corrected chi connectivity index (χ2v) is 6.82. The predicted molar refractivity (Wildman–Crippen MR) is 106 cm³/mol. The molecule has 1 amide bonds. The first-order valence-corrected chi connectivity index (χ1v) is 9.93. The summed E-state index contributed by atoms with van der Waals surface area (Å²) in [6.07, 6.45) is 0.807. The van der Waals surface area contributed by atoms with Crippen LogP contribution in [0.15, 0.2) is 60.7 Å². The van der Waals surface area contributed by atoms with E-state index in [-0.39, 0.29) is 23.4 Å². The van der Waals surface area contributed by atoms with Crippen molar-refractivity contribution in [3.8, 4) is 0 Å². The van der Waals surface area contributed by atoms with E-state index in [1.165, 1.54) is 17.3 Å². The monoisotopic (exact) mass is 371 g/mol. The van der Waals surface area contributed by atoms with Gasteiger partial charge in [-0.1, -0.05) is 60.7 Å². The number of hydrogen-bond acceptors (Lipinski definition) is 4. The third kappa shape index (κ3) is 7.31. The van der Waals surface area contributed by atoms with Crippen molar-refractivity contribution in [2.24, 2.45) is 0 Å². The van der Waals surface area contributed by atoms with Gasteiger partial charge in [0.2, 0.25) is 5.91 Å². The van der Waals surface area contributed by atoms with E-state index < -0.39 is 0 Å². The van der Waals surface area contributed by atoms with Gasteiger partial charge >= 0.3 is 5.97 Å². The van der Waals surface area contributed by atoms with Gasteiger partial charge in [0.15, 0.2) is 0 Å². The van der Waals surface area contributed by atoms with E-state index >= 15 is 0 Å². The van der Waals surface area contributed by atoms with Crippen molar-refractivity contribution in [2.75, 3.05) is 24.7 Å². The Morgan fingerprint density at radius 3 is 2.15 bits per heavy atom. The Bertz CT molecular complexity index is 676. The molecule has 4 nitrogen and oxygen atoms in total. The van der Waals surface area contributed by atoms with E-state index in [2.05, 4.69) is 12.1 Å². The molecule has 2 aromatic carbocycles. The van der Waals surface area contributed by atoms with Crippen LogP contribution in [-0.2, 0) is 27.3 Å². The Balaban J connectivity index is 1.92. The first-order chi connectivity index (χ1) is 12.7. The number of ether oxygens (including phenoxy) is 1. The summed E-state index contributed by atoms with van der Waals surface area (Å²) >= 11 is 1.30. The minimum atomic E-state index is -0.274. The van der Waals surface area contributed by atoms with Gasteiger partial charge in [-0.25, -0.2) is 0 Å². The molecule has 0 radical (unpaired) electrons. The molecular formula is C21H25NO3S. The molecule has 0 aliphatic carbocycles. The highest BCUT2D eigenvalue weighted by molar-refractivity contribution is 8.00. The molecule has 0 bridgehead atoms. The van der Waals surface area contributed by atoms with Crippen molar-refractivity contribution < 1.29 is 14.3 Å². The summed E-state index contributed by atoms with van der Waals surface area (Å²) in [5.74, 6) is 0.251. The van der Waals surface area contributed by atoms with Gasteiger partial charge in [0.05, 0.1) is 18.1 Å². The van der Waals surface area contributed by atoms with Gasteiger partial charge in [0, 0.05) is 13.1 Å². The van der Waals surface area contributed by atoms with Crippen LogP contribution < -0.4 is 0 Å². The number of amides is 1. The minimum Gasteiger partial charge on any atom is -0.465 e. The number of nitrogens with zero attached hydrogens (tertiary/aromatic N) is 1. The number of thioether (sulfide) groups is 1. The highest BCUT2D eigenvalue weighted by atomic mass is 32.2. The maximum Gasteiger partial charge on any atom is 0.315 e. The van der Waals surface area contributed by atoms with E-state index in [0.29, 0.717) is 19.7 Å². The van der Waals surface area contributed by atoms with Crippen LogP contribution in [0.3, 0.4) is 0 Å². The van der Waals surface area contributed by atoms with E-state index in [0.717, 1.165) is 12.0 Å². The van der Waals surface area contributed by atoms with E-state index in [4.69, 9.17) is 4.74 Å². The van der Waals surface area contributed by atoms with Crippen LogP contribution in [-0.4, -0.2) is 41.4 Å². The Morgan fingerprint density at radius 2 is 1.54 bits per heavy atom. The summed E-state index contributed by atoms with van der Waals surface area (Å²) in [5, 5.41) is 0. The molecule has 0 atom stereocenters. The van der Waals surface area contributed by atoms with Gasteiger partial charge in [-0.3, -0.25) is 9.59 Å². The Morgan fingerprint density at radius 1 is 0.923 bits per heavy atom. The lowest BCUT2D eigenvalue weighted by Gasteiger charge is -2.23. The molecule has 0 aliphatic rings. The van der Waals surface area contributed by atoms with Gasteiger partial charge in [-0.15, -0.1) is 11.8 Å². The maximum absolute atomic E-state index is 12.7. The van der Waals surface area contributed by atoms with Crippen molar-refractivity contribution in [1.82, 2.24) is 4.90 Å². The second-order valence-electron chi connectivity index (χ2n) is 5.83. The standard InChI is InChI=1S/C21H25NO3S/c1-2-25-21(24)17-26-16-20(23)22(15-19-11-7-4-8-12-19)14-13-18-9-5-3-6-10-18/h3-12H,2,13-17H2,1H3. The summed E-state index contributed by atoms with van der Waals surface area (Å²) in [6.45, 7) is 3.37. The zero-order valence-corrected chi connectivity index (χ0v) is 15.9. The Labute approximate surface area is 159 Å². The average molecular weight is 372 g/mol. The number of esters is 1. The molecular weight excluding hydrogens is 346 g/mol. The lowest BCUT2D eigenvalue weighted by atomic mass is 10.1. The predicted octanol–water partition coefficient (Wildman–Crippen LogP) is 3.55. The number of benzene rings is 2. The molecule has 0 heterocycles. The maximum atomic E-state index is 12.7. The summed E-state index contributed by atoms with van der Waals surface area (Å²) in [5.41, 5.74) is 2.31. The number of carbonyl (C=O) groups excluding carboxylic acids is 2. The van der Waals surface area contributed by atoms with Crippen LogP contribution in [0.25, 0.3) is 0 Å². The summed E-state index contributed by atoms with van der Waals surface area (Å²) in [6, 6.07) is 20.1. The Kier molecular flexibility index (Phi) is 8.76. The molecule has 0 fully saturated rings. The van der Waals surface area contributed by atoms with Crippen LogP contribution in [0.2, 0.25) is 0 Å². The van der Waals surface area contributed by atoms with Gasteiger partial charge in [0.1, 0.15) is 0 Å². The fourth-order valence-electron chi connectivity index (χ4n) is 2.52. The molecule has 0 spiro atoms. The highest BCUT2D eigenvalue weighted by Crippen LogP contribution is 2.11. The fraction of sp³-hybridized carbons (Fsp3) is 0.333. The quantitative estimate of drug-likeness (QED) is 0.599. The van der Waals surface area contributed by atoms with Gasteiger partial charge in [0.25, 0.3) is 0 Å². The molecule has 2 aromatic rings. The molecule has 0 aliphatic heterocycles. The normalized spacial score (nSPS) is 10.3. The summed E-state index contributed by atoms with van der Waals surface area (Å²) in [4.78, 5) is 26.0. The third-order valence-electron chi connectivity index (χ3n) is 3.83. The van der Waals surface area contributed by atoms with E-state index in [1.54, 1.807) is 6.92 Å². The third-order valence-corrected chi connectivity index (χ3v) is 4.72. The molecule has 0 aromatic heterocycles. The first kappa shape index (κ1) is 20.0. The molecule has 2 rings (SSSR count). The molecule has 26 heavy (non-hydrogen) atoms. The van der Waals surface area contributed by atoms with Crippen LogP contribution in [0, 0.1) is 0 Å². The largest absolute Gasteiger partial charge is 0.465 e. The van der Waals surface area contributed by atoms with Crippen LogP contribution in [0.5, 0.6) is 0 Å². The molecule has 0 N–H and O–H groups in total. The van der Waals surface area contributed by atoms with Crippen LogP contribution >= 0.6 is 11.8 Å². The van der Waals surface area contributed by atoms with Crippen molar-refractivity contribution in [3.63, 3.8) is 0 Å². The summed E-state index contributed by atoms with van der Waals surface area (Å²) < 4.78 is 4.90. The molecule has 138 valence electrons. The molecule has 0 saturated carbocycles. The van der Waals surface area contributed by atoms with E-state index in [9.17, 15) is 9.59 Å². The molecule has 0 saturated heterocycles. The second kappa shape index (κ2) is 11.4. The zero-order valence-electron chi connectivity index (χ0n) is 15.1. The van der Waals surface area contributed by atoms with Crippen molar-refractivity contribution >= 4 is 23.6 Å². The molecule has 5 heteroatoms.